The highest BCUT2D eigenvalue weighted by Gasteiger charge is 2.06. The second-order valence-corrected chi connectivity index (χ2v) is 4.10. The summed E-state index contributed by atoms with van der Waals surface area (Å²) < 4.78 is 13.2. The largest absolute Gasteiger partial charge is 0.350 e. The van der Waals surface area contributed by atoms with Crippen molar-refractivity contribution in [3.05, 3.63) is 41.6 Å². The normalized spacial score (nSPS) is 11.2. The van der Waals surface area contributed by atoms with Crippen molar-refractivity contribution in [2.45, 2.75) is 18.2 Å². The summed E-state index contributed by atoms with van der Waals surface area (Å²) in [5.74, 6) is -1.40. The van der Waals surface area contributed by atoms with Gasteiger partial charge in [0, 0.05) is 16.8 Å². The molecule has 1 aromatic rings. The van der Waals surface area contributed by atoms with E-state index in [0.717, 1.165) is 11.3 Å². The predicted octanol–water partition coefficient (Wildman–Crippen LogP) is 3.12. The number of amides is 1. The van der Waals surface area contributed by atoms with E-state index in [-0.39, 0.29) is 0 Å². The fraction of sp³-hybridized carbons (Fsp3) is 0.250. The van der Waals surface area contributed by atoms with Gasteiger partial charge in [0.1, 0.15) is 0 Å². The summed E-state index contributed by atoms with van der Waals surface area (Å²) in [6, 6.07) is 9.34. The Balaban J connectivity index is 2.48. The van der Waals surface area contributed by atoms with E-state index in [0.29, 0.717) is 6.54 Å². The molecule has 4 heteroatoms. The first-order chi connectivity index (χ1) is 7.74. The smallest absolute Gasteiger partial charge is 0.280 e. The molecule has 0 fully saturated rings. The van der Waals surface area contributed by atoms with Gasteiger partial charge in [-0.15, -0.1) is 0 Å². The molecule has 0 saturated heterocycles. The van der Waals surface area contributed by atoms with Crippen LogP contribution in [0.25, 0.3) is 0 Å². The van der Waals surface area contributed by atoms with Crippen LogP contribution in [0.3, 0.4) is 0 Å². The number of hydrogen-bond acceptors (Lipinski definition) is 2. The number of carbonyl (C=O) groups is 1. The molecule has 86 valence electrons. The van der Waals surface area contributed by atoms with Gasteiger partial charge in [0.05, 0.1) is 0 Å². The SMILES string of the molecule is CCCNC(=O)/C(F)=C/Sc1ccccc1. The molecule has 2 nitrogen and oxygen atoms in total. The zero-order chi connectivity index (χ0) is 11.8. The van der Waals surface area contributed by atoms with Crippen LogP contribution < -0.4 is 5.32 Å². The summed E-state index contributed by atoms with van der Waals surface area (Å²) in [4.78, 5) is 12.1. The Morgan fingerprint density at radius 3 is 2.75 bits per heavy atom. The maximum Gasteiger partial charge on any atom is 0.280 e. The maximum absolute atomic E-state index is 13.2. The van der Waals surface area contributed by atoms with Crippen molar-refractivity contribution in [2.24, 2.45) is 0 Å². The number of benzene rings is 1. The van der Waals surface area contributed by atoms with Crippen LogP contribution in [0.2, 0.25) is 0 Å². The Morgan fingerprint density at radius 2 is 2.12 bits per heavy atom. The van der Waals surface area contributed by atoms with Crippen molar-refractivity contribution in [1.82, 2.24) is 5.32 Å². The van der Waals surface area contributed by atoms with E-state index in [1.165, 1.54) is 17.2 Å². The summed E-state index contributed by atoms with van der Waals surface area (Å²) in [5, 5.41) is 3.70. The second-order valence-electron chi connectivity index (χ2n) is 3.15. The lowest BCUT2D eigenvalue weighted by Gasteiger charge is -2.00. The molecule has 0 heterocycles. The number of hydrogen-bond donors (Lipinski definition) is 1. The highest BCUT2D eigenvalue weighted by Crippen LogP contribution is 2.20. The molecule has 1 aromatic carbocycles. The van der Waals surface area contributed by atoms with Crippen LogP contribution in [0.5, 0.6) is 0 Å². The van der Waals surface area contributed by atoms with E-state index in [1.807, 2.05) is 37.3 Å². The van der Waals surface area contributed by atoms with Gasteiger partial charge in [-0.3, -0.25) is 4.79 Å². The fourth-order valence-corrected chi connectivity index (χ4v) is 1.66. The Hall–Kier alpha value is -1.29. The summed E-state index contributed by atoms with van der Waals surface area (Å²) in [7, 11) is 0. The van der Waals surface area contributed by atoms with Crippen molar-refractivity contribution in [1.29, 1.82) is 0 Å². The molecule has 0 spiro atoms. The molecule has 0 aliphatic heterocycles. The molecule has 0 aliphatic carbocycles. The van der Waals surface area contributed by atoms with Gasteiger partial charge in [0.2, 0.25) is 0 Å². The van der Waals surface area contributed by atoms with Gasteiger partial charge in [-0.1, -0.05) is 36.9 Å². The van der Waals surface area contributed by atoms with Gasteiger partial charge in [0.25, 0.3) is 5.91 Å². The van der Waals surface area contributed by atoms with Crippen molar-refractivity contribution >= 4 is 17.7 Å². The number of nitrogens with one attached hydrogen (secondary N) is 1. The van der Waals surface area contributed by atoms with Crippen molar-refractivity contribution < 1.29 is 9.18 Å². The Kier molecular flexibility index (Phi) is 5.64. The number of rotatable bonds is 5. The average Bonchev–Trinajstić information content (AvgIpc) is 2.34. The second kappa shape index (κ2) is 7.06. The molecule has 1 amide bonds. The molecular formula is C12H14FNOS. The first kappa shape index (κ1) is 12.8. The molecule has 0 aliphatic rings. The average molecular weight is 239 g/mol. The van der Waals surface area contributed by atoms with Crippen LogP contribution in [0.1, 0.15) is 13.3 Å². The maximum atomic E-state index is 13.2. The third kappa shape index (κ3) is 4.49. The lowest BCUT2D eigenvalue weighted by molar-refractivity contribution is -0.118. The van der Waals surface area contributed by atoms with Crippen LogP contribution in [0, 0.1) is 0 Å². The van der Waals surface area contributed by atoms with E-state index in [1.54, 1.807) is 0 Å². The zero-order valence-electron chi connectivity index (χ0n) is 9.07. The number of thioether (sulfide) groups is 1. The molecule has 0 atom stereocenters. The quantitative estimate of drug-likeness (QED) is 0.632. The minimum absolute atomic E-state index is 0.496. The molecule has 0 saturated carbocycles. The molecule has 1 N–H and O–H groups in total. The fourth-order valence-electron chi connectivity index (χ4n) is 0.995. The first-order valence-electron chi connectivity index (χ1n) is 5.09. The van der Waals surface area contributed by atoms with Gasteiger partial charge in [-0.05, 0) is 18.6 Å². The molecule has 0 aromatic heterocycles. The van der Waals surface area contributed by atoms with Crippen LogP contribution >= 0.6 is 11.8 Å². The van der Waals surface area contributed by atoms with Crippen LogP contribution in [-0.4, -0.2) is 12.5 Å². The highest BCUT2D eigenvalue weighted by molar-refractivity contribution is 8.02. The lowest BCUT2D eigenvalue weighted by Crippen LogP contribution is -2.24. The van der Waals surface area contributed by atoms with Gasteiger partial charge in [-0.2, -0.15) is 0 Å². The monoisotopic (exact) mass is 239 g/mol. The Labute approximate surface area is 98.9 Å². The molecule has 16 heavy (non-hydrogen) atoms. The minimum atomic E-state index is -0.748. The molecule has 0 unspecified atom stereocenters. The summed E-state index contributed by atoms with van der Waals surface area (Å²) in [5.41, 5.74) is 0. The minimum Gasteiger partial charge on any atom is -0.350 e. The molecule has 0 bridgehead atoms. The number of carbonyl (C=O) groups excluding carboxylic acids is 1. The lowest BCUT2D eigenvalue weighted by atomic mass is 10.4. The molecule has 0 radical (unpaired) electrons. The third-order valence-corrected chi connectivity index (χ3v) is 2.66. The van der Waals surface area contributed by atoms with Gasteiger partial charge < -0.3 is 5.32 Å². The van der Waals surface area contributed by atoms with E-state index in [4.69, 9.17) is 0 Å². The number of halogens is 1. The van der Waals surface area contributed by atoms with Crippen molar-refractivity contribution in [3.8, 4) is 0 Å². The van der Waals surface area contributed by atoms with Crippen molar-refractivity contribution in [3.63, 3.8) is 0 Å². The zero-order valence-corrected chi connectivity index (χ0v) is 9.89. The summed E-state index contributed by atoms with van der Waals surface area (Å²) in [6.45, 7) is 2.41. The third-order valence-electron chi connectivity index (χ3n) is 1.79. The van der Waals surface area contributed by atoms with Crippen LogP contribution in [-0.2, 0) is 4.79 Å². The molecule has 1 rings (SSSR count). The first-order valence-corrected chi connectivity index (χ1v) is 5.97. The van der Waals surface area contributed by atoms with E-state index in [2.05, 4.69) is 5.32 Å². The van der Waals surface area contributed by atoms with Gasteiger partial charge in [0.15, 0.2) is 5.83 Å². The van der Waals surface area contributed by atoms with E-state index < -0.39 is 11.7 Å². The standard InChI is InChI=1S/C12H14FNOS/c1-2-8-14-12(15)11(13)9-16-10-6-4-3-5-7-10/h3-7,9H,2,8H2,1H3,(H,14,15)/b11-9-. The molecular weight excluding hydrogens is 225 g/mol. The predicted molar refractivity (Wildman–Crippen MR) is 64.8 cm³/mol. The van der Waals surface area contributed by atoms with E-state index >= 15 is 0 Å². The Morgan fingerprint density at radius 1 is 1.44 bits per heavy atom. The topological polar surface area (TPSA) is 29.1 Å². The summed E-state index contributed by atoms with van der Waals surface area (Å²) in [6.07, 6.45) is 0.796. The van der Waals surface area contributed by atoms with Gasteiger partial charge >= 0.3 is 0 Å². The Bertz CT molecular complexity index is 365. The summed E-state index contributed by atoms with van der Waals surface area (Å²) >= 11 is 1.19. The van der Waals surface area contributed by atoms with E-state index in [9.17, 15) is 9.18 Å². The van der Waals surface area contributed by atoms with Crippen molar-refractivity contribution in [2.75, 3.05) is 6.54 Å². The van der Waals surface area contributed by atoms with Crippen LogP contribution in [0.4, 0.5) is 4.39 Å². The highest BCUT2D eigenvalue weighted by atomic mass is 32.2. The van der Waals surface area contributed by atoms with Crippen LogP contribution in [0.15, 0.2) is 46.5 Å². The van der Waals surface area contributed by atoms with Gasteiger partial charge in [-0.25, -0.2) is 4.39 Å².